The van der Waals surface area contributed by atoms with Crippen molar-refractivity contribution in [1.29, 1.82) is 0 Å². The number of nitrogens with one attached hydrogen (secondary N) is 5. The molecule has 1 aliphatic carbocycles. The number of carbonyl (C=O) groups is 1. The smallest absolute Gasteiger partial charge is 0.351 e. The van der Waals surface area contributed by atoms with Gasteiger partial charge < -0.3 is 10.6 Å². The van der Waals surface area contributed by atoms with Gasteiger partial charge in [-0.3, -0.25) is 10.1 Å². The molecule has 3 atom stereocenters. The lowest BCUT2D eigenvalue weighted by Crippen LogP contribution is -2.52. The third-order valence-corrected chi connectivity index (χ3v) is 5.86. The molecule has 0 radical (unpaired) electrons. The van der Waals surface area contributed by atoms with Crippen molar-refractivity contribution in [1.82, 2.24) is 26.8 Å². The summed E-state index contributed by atoms with van der Waals surface area (Å²) in [5, 5.41) is 9.48. The van der Waals surface area contributed by atoms with Crippen LogP contribution in [0.25, 0.3) is 0 Å². The molecule has 3 fully saturated rings. The molecule has 1 saturated carbocycles. The van der Waals surface area contributed by atoms with Crippen LogP contribution >= 0.6 is 0 Å². The van der Waals surface area contributed by atoms with Crippen molar-refractivity contribution >= 4 is 11.9 Å². The predicted molar refractivity (Wildman–Crippen MR) is 105 cm³/mol. The van der Waals surface area contributed by atoms with Gasteiger partial charge in [-0.1, -0.05) is 0 Å². The SMILES string of the molecule is CC(C)(C)N/C(=N\C1NNC2NCCCC12)NC(=O)C1CCC(C(F)(F)F)CC1. The summed E-state index contributed by atoms with van der Waals surface area (Å²) in [5.74, 6) is -1.34. The van der Waals surface area contributed by atoms with Gasteiger partial charge >= 0.3 is 6.18 Å². The van der Waals surface area contributed by atoms with Crippen LogP contribution in [0, 0.1) is 17.8 Å². The second-order valence-electron chi connectivity index (χ2n) is 9.40. The Hall–Kier alpha value is -1.39. The van der Waals surface area contributed by atoms with E-state index in [9.17, 15) is 18.0 Å². The van der Waals surface area contributed by atoms with E-state index in [4.69, 9.17) is 4.99 Å². The number of halogens is 3. The van der Waals surface area contributed by atoms with Crippen LogP contribution in [0.2, 0.25) is 0 Å². The van der Waals surface area contributed by atoms with E-state index in [2.05, 4.69) is 26.8 Å². The third-order valence-electron chi connectivity index (χ3n) is 5.86. The number of fused-ring (bicyclic) bond motifs is 1. The Kier molecular flexibility index (Phi) is 6.74. The first-order chi connectivity index (χ1) is 13.5. The van der Waals surface area contributed by atoms with Crippen LogP contribution in [-0.4, -0.2) is 42.5 Å². The largest absolute Gasteiger partial charge is 0.391 e. The first-order valence-corrected chi connectivity index (χ1v) is 10.5. The fourth-order valence-electron chi connectivity index (χ4n) is 4.31. The molecule has 5 N–H and O–H groups in total. The number of alkyl halides is 3. The predicted octanol–water partition coefficient (Wildman–Crippen LogP) is 1.97. The van der Waals surface area contributed by atoms with Gasteiger partial charge in [0.15, 0.2) is 5.96 Å². The van der Waals surface area contributed by atoms with Crippen molar-refractivity contribution in [2.75, 3.05) is 6.54 Å². The van der Waals surface area contributed by atoms with E-state index in [1.807, 2.05) is 20.8 Å². The molecule has 3 rings (SSSR count). The minimum absolute atomic E-state index is 0.00425. The molecule has 29 heavy (non-hydrogen) atoms. The van der Waals surface area contributed by atoms with Crippen molar-refractivity contribution in [2.24, 2.45) is 22.7 Å². The van der Waals surface area contributed by atoms with Gasteiger partial charge in [-0.2, -0.15) is 13.2 Å². The number of hydrogen-bond donors (Lipinski definition) is 5. The summed E-state index contributed by atoms with van der Waals surface area (Å²) in [6, 6.07) is 0. The van der Waals surface area contributed by atoms with Gasteiger partial charge in [0.05, 0.1) is 12.1 Å². The molecule has 0 aromatic rings. The van der Waals surface area contributed by atoms with Crippen LogP contribution in [0.3, 0.4) is 0 Å². The maximum absolute atomic E-state index is 12.9. The minimum Gasteiger partial charge on any atom is -0.351 e. The highest BCUT2D eigenvalue weighted by molar-refractivity contribution is 5.98. The number of hydrogen-bond acceptors (Lipinski definition) is 5. The van der Waals surface area contributed by atoms with E-state index in [1.54, 1.807) is 0 Å². The molecule has 0 aromatic carbocycles. The van der Waals surface area contributed by atoms with Gasteiger partial charge in [-0.25, -0.2) is 15.8 Å². The highest BCUT2D eigenvalue weighted by Gasteiger charge is 2.43. The van der Waals surface area contributed by atoms with Crippen LogP contribution in [-0.2, 0) is 4.79 Å². The van der Waals surface area contributed by atoms with E-state index in [-0.39, 0.29) is 55.4 Å². The minimum atomic E-state index is -4.17. The Morgan fingerprint density at radius 1 is 1.03 bits per heavy atom. The fourth-order valence-corrected chi connectivity index (χ4v) is 4.31. The zero-order valence-corrected chi connectivity index (χ0v) is 17.3. The van der Waals surface area contributed by atoms with Gasteiger partial charge in [0.2, 0.25) is 5.91 Å². The summed E-state index contributed by atoms with van der Waals surface area (Å²) >= 11 is 0. The van der Waals surface area contributed by atoms with Gasteiger partial charge in [-0.05, 0) is 65.8 Å². The van der Waals surface area contributed by atoms with Crippen molar-refractivity contribution in [3.8, 4) is 0 Å². The van der Waals surface area contributed by atoms with Crippen LogP contribution in [0.4, 0.5) is 13.2 Å². The quantitative estimate of drug-likeness (QED) is 0.350. The molecule has 7 nitrogen and oxygen atoms in total. The van der Waals surface area contributed by atoms with Crippen molar-refractivity contribution in [3.05, 3.63) is 0 Å². The number of aliphatic imine (C=N–C) groups is 1. The molecule has 2 saturated heterocycles. The number of carbonyl (C=O) groups excluding carboxylic acids is 1. The summed E-state index contributed by atoms with van der Waals surface area (Å²) in [6.45, 7) is 6.86. The highest BCUT2D eigenvalue weighted by atomic mass is 19.4. The molecule has 2 aliphatic heterocycles. The van der Waals surface area contributed by atoms with Crippen LogP contribution in [0.1, 0.15) is 59.3 Å². The maximum Gasteiger partial charge on any atom is 0.391 e. The standard InChI is InChI=1S/C19H33F3N6O/c1-18(2,3)26-17(24-15-13-5-4-10-23-14(13)27-28-15)25-16(29)11-6-8-12(9-7-11)19(20,21)22/h11-15,23,27-28H,4-10H2,1-3H3,(H2,24,25,26,29). The lowest BCUT2D eigenvalue weighted by molar-refractivity contribution is -0.184. The van der Waals surface area contributed by atoms with Gasteiger partial charge in [0.1, 0.15) is 6.17 Å². The molecule has 166 valence electrons. The molecule has 3 unspecified atom stereocenters. The second kappa shape index (κ2) is 8.77. The molecule has 1 amide bonds. The van der Waals surface area contributed by atoms with Crippen LogP contribution < -0.4 is 26.8 Å². The highest BCUT2D eigenvalue weighted by Crippen LogP contribution is 2.39. The first kappa shape index (κ1) is 22.3. The van der Waals surface area contributed by atoms with Crippen molar-refractivity contribution in [2.45, 2.75) is 83.3 Å². The number of amides is 1. The van der Waals surface area contributed by atoms with Crippen molar-refractivity contribution in [3.63, 3.8) is 0 Å². The van der Waals surface area contributed by atoms with E-state index >= 15 is 0 Å². The van der Waals surface area contributed by atoms with Gasteiger partial charge in [0, 0.05) is 17.4 Å². The number of nitrogens with zero attached hydrogens (tertiary/aromatic N) is 1. The Morgan fingerprint density at radius 2 is 1.72 bits per heavy atom. The number of hydrazine groups is 1. The topological polar surface area (TPSA) is 89.6 Å². The molecule has 10 heteroatoms. The number of piperidine rings is 1. The Balaban J connectivity index is 1.64. The summed E-state index contributed by atoms with van der Waals surface area (Å²) in [7, 11) is 0. The zero-order valence-electron chi connectivity index (χ0n) is 17.3. The number of rotatable bonds is 2. The third kappa shape index (κ3) is 6.05. The van der Waals surface area contributed by atoms with E-state index in [1.165, 1.54) is 0 Å². The van der Waals surface area contributed by atoms with Gasteiger partial charge in [0.25, 0.3) is 0 Å². The van der Waals surface area contributed by atoms with E-state index < -0.39 is 18.0 Å². The average molecular weight is 419 g/mol. The Morgan fingerprint density at radius 3 is 2.34 bits per heavy atom. The molecular formula is C19H33F3N6O. The summed E-state index contributed by atoms with van der Waals surface area (Å²) < 4.78 is 38.6. The van der Waals surface area contributed by atoms with Gasteiger partial charge in [-0.15, -0.1) is 0 Å². The van der Waals surface area contributed by atoms with E-state index in [0.717, 1.165) is 19.4 Å². The lowest BCUT2D eigenvalue weighted by Gasteiger charge is -2.31. The molecule has 2 heterocycles. The van der Waals surface area contributed by atoms with E-state index in [0.29, 0.717) is 5.96 Å². The Labute approximate surface area is 170 Å². The molecular weight excluding hydrogens is 385 g/mol. The summed E-state index contributed by atoms with van der Waals surface area (Å²) in [4.78, 5) is 17.5. The average Bonchev–Trinajstić information content (AvgIpc) is 3.03. The fraction of sp³-hybridized carbons (Fsp3) is 0.895. The first-order valence-electron chi connectivity index (χ1n) is 10.5. The second-order valence-corrected chi connectivity index (χ2v) is 9.40. The number of guanidine groups is 1. The van der Waals surface area contributed by atoms with Crippen LogP contribution in [0.15, 0.2) is 4.99 Å². The van der Waals surface area contributed by atoms with Crippen LogP contribution in [0.5, 0.6) is 0 Å². The summed E-state index contributed by atoms with van der Waals surface area (Å²) in [5.41, 5.74) is 6.05. The zero-order chi connectivity index (χ0) is 21.2. The summed E-state index contributed by atoms with van der Waals surface area (Å²) in [6.07, 6.45) is -1.65. The Bertz CT molecular complexity index is 610. The maximum atomic E-state index is 12.9. The monoisotopic (exact) mass is 418 g/mol. The lowest BCUT2D eigenvalue weighted by atomic mass is 9.81. The normalized spacial score (nSPS) is 33.9. The molecule has 0 spiro atoms. The molecule has 0 aromatic heterocycles. The molecule has 3 aliphatic rings. The van der Waals surface area contributed by atoms with Crippen molar-refractivity contribution < 1.29 is 18.0 Å². The molecule has 0 bridgehead atoms.